The van der Waals surface area contributed by atoms with Crippen molar-refractivity contribution in [1.82, 2.24) is 15.0 Å². The zero-order valence-electron chi connectivity index (χ0n) is 7.18. The van der Waals surface area contributed by atoms with E-state index in [-0.39, 0.29) is 0 Å². The Hall–Kier alpha value is -1.68. The van der Waals surface area contributed by atoms with E-state index < -0.39 is 0 Å². The maximum absolute atomic E-state index is 5.82. The van der Waals surface area contributed by atoms with Gasteiger partial charge in [-0.1, -0.05) is 11.6 Å². The molecule has 0 amide bonds. The molecule has 4 nitrogen and oxygen atoms in total. The second-order valence-electron chi connectivity index (χ2n) is 2.56. The fraction of sp³-hybridized carbons (Fsp3) is 0. The summed E-state index contributed by atoms with van der Waals surface area (Å²) in [6.07, 6.45) is 6.49. The number of aromatic nitrogens is 3. The van der Waals surface area contributed by atoms with E-state index in [0.29, 0.717) is 11.0 Å². The number of halogens is 1. The first-order chi connectivity index (χ1) is 6.86. The standard InChI is InChI=1S/C9H7ClN4/c10-8-9(13-6-5-12-8)14-7-1-3-11-4-2-7/h1-6H,(H,11,13,14). The zero-order valence-corrected chi connectivity index (χ0v) is 7.94. The quantitative estimate of drug-likeness (QED) is 0.819. The van der Waals surface area contributed by atoms with Crippen LogP contribution in [0.4, 0.5) is 11.5 Å². The molecular formula is C9H7ClN4. The summed E-state index contributed by atoms with van der Waals surface area (Å²) in [5.74, 6) is 0.542. The molecule has 0 aliphatic heterocycles. The molecule has 0 spiro atoms. The van der Waals surface area contributed by atoms with Gasteiger partial charge in [-0.05, 0) is 12.1 Å². The summed E-state index contributed by atoms with van der Waals surface area (Å²) in [6.45, 7) is 0. The molecule has 1 N–H and O–H groups in total. The highest BCUT2D eigenvalue weighted by Crippen LogP contribution is 2.19. The monoisotopic (exact) mass is 206 g/mol. The van der Waals surface area contributed by atoms with Crippen molar-refractivity contribution in [3.63, 3.8) is 0 Å². The largest absolute Gasteiger partial charge is 0.338 e. The van der Waals surface area contributed by atoms with Gasteiger partial charge in [-0.3, -0.25) is 4.98 Å². The number of rotatable bonds is 2. The normalized spacial score (nSPS) is 9.79. The van der Waals surface area contributed by atoms with Crippen LogP contribution in [-0.4, -0.2) is 15.0 Å². The van der Waals surface area contributed by atoms with Crippen molar-refractivity contribution < 1.29 is 0 Å². The molecule has 2 aromatic rings. The topological polar surface area (TPSA) is 50.7 Å². The molecule has 5 heteroatoms. The van der Waals surface area contributed by atoms with Crippen LogP contribution in [0.3, 0.4) is 0 Å². The van der Waals surface area contributed by atoms with Gasteiger partial charge in [-0.15, -0.1) is 0 Å². The van der Waals surface area contributed by atoms with Crippen LogP contribution in [0.15, 0.2) is 36.9 Å². The molecule has 2 heterocycles. The van der Waals surface area contributed by atoms with Crippen LogP contribution < -0.4 is 5.32 Å². The van der Waals surface area contributed by atoms with Gasteiger partial charge in [-0.2, -0.15) is 0 Å². The van der Waals surface area contributed by atoms with E-state index in [1.165, 1.54) is 0 Å². The van der Waals surface area contributed by atoms with Crippen molar-refractivity contribution in [2.75, 3.05) is 5.32 Å². The van der Waals surface area contributed by atoms with Gasteiger partial charge in [0.05, 0.1) is 0 Å². The molecule has 0 aliphatic carbocycles. The second-order valence-corrected chi connectivity index (χ2v) is 2.91. The molecule has 0 bridgehead atoms. The van der Waals surface area contributed by atoms with Gasteiger partial charge in [0.25, 0.3) is 0 Å². The van der Waals surface area contributed by atoms with Crippen molar-refractivity contribution in [1.29, 1.82) is 0 Å². The molecule has 0 saturated heterocycles. The van der Waals surface area contributed by atoms with Crippen LogP contribution in [0, 0.1) is 0 Å². The van der Waals surface area contributed by atoms with Gasteiger partial charge in [0, 0.05) is 30.5 Å². The zero-order chi connectivity index (χ0) is 9.80. The third-order valence-electron chi connectivity index (χ3n) is 1.60. The van der Waals surface area contributed by atoms with E-state index in [1.54, 1.807) is 24.8 Å². The molecule has 0 saturated carbocycles. The van der Waals surface area contributed by atoms with E-state index >= 15 is 0 Å². The summed E-state index contributed by atoms with van der Waals surface area (Å²) in [4.78, 5) is 11.8. The molecule has 0 aromatic carbocycles. The van der Waals surface area contributed by atoms with Crippen LogP contribution in [-0.2, 0) is 0 Å². The summed E-state index contributed by atoms with van der Waals surface area (Å²) in [7, 11) is 0. The Morgan fingerprint density at radius 3 is 2.43 bits per heavy atom. The van der Waals surface area contributed by atoms with E-state index in [0.717, 1.165) is 5.69 Å². The van der Waals surface area contributed by atoms with E-state index in [9.17, 15) is 0 Å². The Labute approximate surface area is 86.0 Å². The van der Waals surface area contributed by atoms with Crippen molar-refractivity contribution in [2.24, 2.45) is 0 Å². The Kier molecular flexibility index (Phi) is 2.55. The molecule has 0 unspecified atom stereocenters. The number of hydrogen-bond donors (Lipinski definition) is 1. The molecule has 0 atom stereocenters. The molecule has 0 fully saturated rings. The average Bonchev–Trinajstić information content (AvgIpc) is 2.23. The maximum atomic E-state index is 5.82. The van der Waals surface area contributed by atoms with Gasteiger partial charge in [0.2, 0.25) is 0 Å². The first-order valence-electron chi connectivity index (χ1n) is 4.00. The molecule has 2 rings (SSSR count). The van der Waals surface area contributed by atoms with Crippen LogP contribution >= 0.6 is 11.6 Å². The Bertz CT molecular complexity index is 418. The van der Waals surface area contributed by atoms with Crippen molar-refractivity contribution in [3.8, 4) is 0 Å². The van der Waals surface area contributed by atoms with Crippen LogP contribution in [0.5, 0.6) is 0 Å². The summed E-state index contributed by atoms with van der Waals surface area (Å²) in [5.41, 5.74) is 0.877. The summed E-state index contributed by atoms with van der Waals surface area (Å²) in [5, 5.41) is 3.38. The van der Waals surface area contributed by atoms with Crippen LogP contribution in [0.1, 0.15) is 0 Å². The summed E-state index contributed by atoms with van der Waals surface area (Å²) < 4.78 is 0. The Morgan fingerprint density at radius 2 is 1.71 bits per heavy atom. The van der Waals surface area contributed by atoms with Gasteiger partial charge >= 0.3 is 0 Å². The summed E-state index contributed by atoms with van der Waals surface area (Å²) >= 11 is 5.82. The second kappa shape index (κ2) is 4.02. The third-order valence-corrected chi connectivity index (χ3v) is 1.87. The fourth-order valence-corrected chi connectivity index (χ4v) is 1.13. The number of nitrogens with one attached hydrogen (secondary N) is 1. The van der Waals surface area contributed by atoms with E-state index in [1.807, 2.05) is 12.1 Å². The molecule has 0 radical (unpaired) electrons. The number of nitrogens with zero attached hydrogens (tertiary/aromatic N) is 3. The Morgan fingerprint density at radius 1 is 1.00 bits per heavy atom. The number of anilines is 2. The highest BCUT2D eigenvalue weighted by molar-refractivity contribution is 6.31. The van der Waals surface area contributed by atoms with Gasteiger partial charge < -0.3 is 5.32 Å². The lowest BCUT2D eigenvalue weighted by molar-refractivity contribution is 1.19. The minimum Gasteiger partial charge on any atom is -0.338 e. The highest BCUT2D eigenvalue weighted by atomic mass is 35.5. The fourth-order valence-electron chi connectivity index (χ4n) is 0.977. The maximum Gasteiger partial charge on any atom is 0.171 e. The lowest BCUT2D eigenvalue weighted by Crippen LogP contribution is -1.95. The molecule has 14 heavy (non-hydrogen) atoms. The van der Waals surface area contributed by atoms with Gasteiger partial charge in [-0.25, -0.2) is 9.97 Å². The van der Waals surface area contributed by atoms with Crippen LogP contribution in [0.2, 0.25) is 5.15 Å². The first-order valence-corrected chi connectivity index (χ1v) is 4.37. The van der Waals surface area contributed by atoms with Gasteiger partial charge in [0.1, 0.15) is 0 Å². The number of hydrogen-bond acceptors (Lipinski definition) is 4. The number of pyridine rings is 1. The van der Waals surface area contributed by atoms with Crippen molar-refractivity contribution >= 4 is 23.1 Å². The minimum absolute atomic E-state index is 0.351. The molecule has 70 valence electrons. The van der Waals surface area contributed by atoms with E-state index in [2.05, 4.69) is 20.3 Å². The average molecular weight is 207 g/mol. The highest BCUT2D eigenvalue weighted by Gasteiger charge is 2.00. The molecule has 0 aliphatic rings. The lowest BCUT2D eigenvalue weighted by atomic mass is 10.4. The van der Waals surface area contributed by atoms with Crippen molar-refractivity contribution in [2.45, 2.75) is 0 Å². The van der Waals surface area contributed by atoms with Gasteiger partial charge in [0.15, 0.2) is 11.0 Å². The predicted molar refractivity (Wildman–Crippen MR) is 54.6 cm³/mol. The lowest BCUT2D eigenvalue weighted by Gasteiger charge is -2.04. The van der Waals surface area contributed by atoms with Crippen molar-refractivity contribution in [3.05, 3.63) is 42.1 Å². The smallest absolute Gasteiger partial charge is 0.171 e. The Balaban J connectivity index is 2.24. The summed E-state index contributed by atoms with van der Waals surface area (Å²) in [6, 6.07) is 3.65. The van der Waals surface area contributed by atoms with Crippen LogP contribution in [0.25, 0.3) is 0 Å². The molecular weight excluding hydrogens is 200 g/mol. The first kappa shape index (κ1) is 8.90. The predicted octanol–water partition coefficient (Wildman–Crippen LogP) is 2.27. The molecule has 2 aromatic heterocycles. The minimum atomic E-state index is 0.351. The third kappa shape index (κ3) is 1.97. The SMILES string of the molecule is Clc1nccnc1Nc1ccncc1. The van der Waals surface area contributed by atoms with E-state index in [4.69, 9.17) is 11.6 Å².